The smallest absolute Gasteiger partial charge is 0.306 e. The summed E-state index contributed by atoms with van der Waals surface area (Å²) in [5, 5.41) is 6.49. The molecule has 0 aliphatic carbocycles. The van der Waals surface area contributed by atoms with Crippen LogP contribution in [0.15, 0.2) is 52.2 Å². The summed E-state index contributed by atoms with van der Waals surface area (Å²) in [6.45, 7) is 3.44. The quantitative estimate of drug-likeness (QED) is 0.690. The predicted octanol–water partition coefficient (Wildman–Crippen LogP) is 4.34. The van der Waals surface area contributed by atoms with Gasteiger partial charge in [-0.15, -0.1) is 0 Å². The second-order valence-electron chi connectivity index (χ2n) is 6.35. The van der Waals surface area contributed by atoms with Crippen LogP contribution in [-0.4, -0.2) is 28.7 Å². The van der Waals surface area contributed by atoms with E-state index in [2.05, 4.69) is 5.10 Å². The Balaban J connectivity index is 1.84. The largest absolute Gasteiger partial charge is 0.467 e. The highest BCUT2D eigenvalue weighted by Gasteiger charge is 2.37. The summed E-state index contributed by atoms with van der Waals surface area (Å²) < 4.78 is 10.7. The fourth-order valence-electron chi connectivity index (χ4n) is 2.93. The average Bonchev–Trinajstić information content (AvgIpc) is 3.31. The van der Waals surface area contributed by atoms with Gasteiger partial charge in [0.15, 0.2) is 6.10 Å². The molecule has 0 N–H and O–H groups in total. The molecular weight excluding hydrogens is 368 g/mol. The van der Waals surface area contributed by atoms with Crippen LogP contribution in [0.4, 0.5) is 0 Å². The zero-order valence-corrected chi connectivity index (χ0v) is 16.0. The number of carbonyl (C=O) groups excluding carboxylic acids is 2. The Bertz CT molecular complexity index is 830. The van der Waals surface area contributed by atoms with E-state index in [0.717, 1.165) is 11.3 Å². The summed E-state index contributed by atoms with van der Waals surface area (Å²) in [4.78, 5) is 24.6. The third-order valence-corrected chi connectivity index (χ3v) is 4.55. The zero-order chi connectivity index (χ0) is 19.4. The van der Waals surface area contributed by atoms with E-state index in [4.69, 9.17) is 20.8 Å². The molecule has 0 saturated heterocycles. The summed E-state index contributed by atoms with van der Waals surface area (Å²) in [6, 6.07) is 10.5. The van der Waals surface area contributed by atoms with E-state index in [9.17, 15) is 9.59 Å². The molecule has 1 aromatic carbocycles. The van der Waals surface area contributed by atoms with Crippen molar-refractivity contribution >= 4 is 29.2 Å². The highest BCUT2D eigenvalue weighted by Crippen LogP contribution is 2.34. The minimum atomic E-state index is -0.921. The minimum absolute atomic E-state index is 0.276. The number of carbonyl (C=O) groups is 2. The Kier molecular flexibility index (Phi) is 5.96. The number of ether oxygens (including phenoxy) is 1. The fourth-order valence-corrected chi connectivity index (χ4v) is 3.06. The van der Waals surface area contributed by atoms with Gasteiger partial charge in [-0.1, -0.05) is 30.7 Å². The lowest BCUT2D eigenvalue weighted by atomic mass is 10.0. The normalized spacial score (nSPS) is 17.5. The molecular formula is C20H21ClN2O4. The number of halogens is 1. The first-order valence-electron chi connectivity index (χ1n) is 8.89. The first-order valence-corrected chi connectivity index (χ1v) is 9.26. The van der Waals surface area contributed by atoms with Gasteiger partial charge >= 0.3 is 5.97 Å². The minimum Gasteiger partial charge on any atom is -0.467 e. The number of benzene rings is 1. The first kappa shape index (κ1) is 19.2. The van der Waals surface area contributed by atoms with E-state index < -0.39 is 12.1 Å². The molecule has 142 valence electrons. The Morgan fingerprint density at radius 3 is 2.70 bits per heavy atom. The average molecular weight is 389 g/mol. The topological polar surface area (TPSA) is 72.1 Å². The van der Waals surface area contributed by atoms with Crippen molar-refractivity contribution in [2.24, 2.45) is 5.10 Å². The van der Waals surface area contributed by atoms with E-state index in [-0.39, 0.29) is 18.4 Å². The molecule has 27 heavy (non-hydrogen) atoms. The lowest BCUT2D eigenvalue weighted by Gasteiger charge is -2.23. The number of hydrogen-bond acceptors (Lipinski definition) is 5. The highest BCUT2D eigenvalue weighted by molar-refractivity contribution is 6.30. The van der Waals surface area contributed by atoms with Crippen LogP contribution in [0.3, 0.4) is 0 Å². The number of furan rings is 1. The van der Waals surface area contributed by atoms with Crippen LogP contribution in [0, 0.1) is 0 Å². The maximum absolute atomic E-state index is 12.9. The van der Waals surface area contributed by atoms with Gasteiger partial charge in [0.1, 0.15) is 11.8 Å². The van der Waals surface area contributed by atoms with Crippen molar-refractivity contribution in [2.75, 3.05) is 0 Å². The SMILES string of the molecule is CCCC(=O)O[C@H](C)C(=O)N1N=C(c2ccc(Cl)cc2)C[C@H]1c1ccco1. The molecule has 2 heterocycles. The maximum atomic E-state index is 12.9. The lowest BCUT2D eigenvalue weighted by Crippen LogP contribution is -2.37. The molecule has 0 fully saturated rings. The molecule has 1 aliphatic rings. The van der Waals surface area contributed by atoms with Crippen LogP contribution >= 0.6 is 11.6 Å². The number of hydrazone groups is 1. The standard InChI is InChI=1S/C20H21ClN2O4/c1-3-5-19(24)27-13(2)20(25)23-17(18-6-4-11-26-18)12-16(22-23)14-7-9-15(21)10-8-14/h4,6-11,13,17H,3,5,12H2,1-2H3/t13-,17+/m1/s1. The second-order valence-corrected chi connectivity index (χ2v) is 6.79. The number of amides is 1. The van der Waals surface area contributed by atoms with Crippen molar-refractivity contribution in [3.05, 3.63) is 59.0 Å². The van der Waals surface area contributed by atoms with Gasteiger partial charge in [0, 0.05) is 17.9 Å². The summed E-state index contributed by atoms with van der Waals surface area (Å²) in [6.07, 6.45) is 2.07. The molecule has 3 rings (SSSR count). The monoisotopic (exact) mass is 388 g/mol. The summed E-state index contributed by atoms with van der Waals surface area (Å²) in [7, 11) is 0. The van der Waals surface area contributed by atoms with Crippen molar-refractivity contribution in [3.63, 3.8) is 0 Å². The molecule has 2 atom stereocenters. The van der Waals surface area contributed by atoms with Crippen molar-refractivity contribution < 1.29 is 18.7 Å². The molecule has 1 aromatic heterocycles. The number of nitrogens with zero attached hydrogens (tertiary/aromatic N) is 2. The summed E-state index contributed by atoms with van der Waals surface area (Å²) in [5.74, 6) is -0.151. The van der Waals surface area contributed by atoms with Gasteiger partial charge in [-0.2, -0.15) is 5.10 Å². The zero-order valence-electron chi connectivity index (χ0n) is 15.2. The first-order chi connectivity index (χ1) is 13.0. The molecule has 6 nitrogen and oxygen atoms in total. The molecule has 1 amide bonds. The van der Waals surface area contributed by atoms with Crippen molar-refractivity contribution in [1.29, 1.82) is 0 Å². The van der Waals surface area contributed by atoms with E-state index in [0.29, 0.717) is 23.6 Å². The van der Waals surface area contributed by atoms with E-state index >= 15 is 0 Å². The number of rotatable bonds is 6. The number of hydrogen-bond donors (Lipinski definition) is 0. The van der Waals surface area contributed by atoms with Crippen molar-refractivity contribution in [3.8, 4) is 0 Å². The number of esters is 1. The molecule has 7 heteroatoms. The van der Waals surface area contributed by atoms with Gasteiger partial charge in [0.25, 0.3) is 5.91 Å². The van der Waals surface area contributed by atoms with Crippen LogP contribution in [0.2, 0.25) is 5.02 Å². The Morgan fingerprint density at radius 2 is 2.07 bits per heavy atom. The molecule has 1 aliphatic heterocycles. The van der Waals surface area contributed by atoms with Gasteiger partial charge in [-0.3, -0.25) is 9.59 Å². The predicted molar refractivity (Wildman–Crippen MR) is 101 cm³/mol. The second kappa shape index (κ2) is 8.39. The third kappa shape index (κ3) is 4.39. The van der Waals surface area contributed by atoms with Crippen LogP contribution < -0.4 is 0 Å². The van der Waals surface area contributed by atoms with Gasteiger partial charge in [-0.05, 0) is 43.2 Å². The Morgan fingerprint density at radius 1 is 1.33 bits per heavy atom. The molecule has 0 saturated carbocycles. The van der Waals surface area contributed by atoms with Crippen LogP contribution in [0.25, 0.3) is 0 Å². The van der Waals surface area contributed by atoms with E-state index in [1.54, 1.807) is 37.5 Å². The van der Waals surface area contributed by atoms with Crippen molar-refractivity contribution in [2.45, 2.75) is 45.3 Å². The third-order valence-electron chi connectivity index (χ3n) is 4.30. The maximum Gasteiger partial charge on any atom is 0.306 e. The fraction of sp³-hybridized carbons (Fsp3) is 0.350. The van der Waals surface area contributed by atoms with Crippen molar-refractivity contribution in [1.82, 2.24) is 5.01 Å². The van der Waals surface area contributed by atoms with Crippen LogP contribution in [0.5, 0.6) is 0 Å². The van der Waals surface area contributed by atoms with Gasteiger partial charge in [0.05, 0.1) is 12.0 Å². The molecule has 0 radical (unpaired) electrons. The Labute approximate surface area is 162 Å². The van der Waals surface area contributed by atoms with Gasteiger partial charge in [-0.25, -0.2) is 5.01 Å². The molecule has 0 spiro atoms. The Hall–Kier alpha value is -2.60. The summed E-state index contributed by atoms with van der Waals surface area (Å²) >= 11 is 5.96. The summed E-state index contributed by atoms with van der Waals surface area (Å²) in [5.41, 5.74) is 1.62. The highest BCUT2D eigenvalue weighted by atomic mass is 35.5. The van der Waals surface area contributed by atoms with Gasteiger partial charge in [0.2, 0.25) is 0 Å². The molecule has 2 aromatic rings. The van der Waals surface area contributed by atoms with E-state index in [1.165, 1.54) is 5.01 Å². The lowest BCUT2D eigenvalue weighted by molar-refractivity contribution is -0.160. The molecule has 0 unspecified atom stereocenters. The van der Waals surface area contributed by atoms with Gasteiger partial charge < -0.3 is 9.15 Å². The van der Waals surface area contributed by atoms with Crippen LogP contribution in [0.1, 0.15) is 50.5 Å². The van der Waals surface area contributed by atoms with Crippen LogP contribution in [-0.2, 0) is 14.3 Å². The molecule has 0 bridgehead atoms. The van der Waals surface area contributed by atoms with E-state index in [1.807, 2.05) is 19.1 Å².